The van der Waals surface area contributed by atoms with E-state index in [1.807, 2.05) is 0 Å². The highest BCUT2D eigenvalue weighted by atomic mass is 32.2. The number of benzene rings is 1. The third kappa shape index (κ3) is 6.89. The van der Waals surface area contributed by atoms with Crippen LogP contribution in [-0.4, -0.2) is 39.5 Å². The van der Waals surface area contributed by atoms with Crippen LogP contribution in [0.1, 0.15) is 19.8 Å². The molecule has 10 heteroatoms. The molecule has 26 heavy (non-hydrogen) atoms. The molecule has 0 heterocycles. The summed E-state index contributed by atoms with van der Waals surface area (Å²) in [7, 11) is -4.17. The van der Waals surface area contributed by atoms with Crippen LogP contribution >= 0.6 is 0 Å². The SMILES string of the molecule is C=CCNC(=O)[C@@H](C)OC(=O)CCCNS(=O)(=O)c1ccc(F)cc1F. The van der Waals surface area contributed by atoms with Crippen molar-refractivity contribution in [3.63, 3.8) is 0 Å². The predicted molar refractivity (Wildman–Crippen MR) is 89.5 cm³/mol. The molecule has 1 aromatic carbocycles. The van der Waals surface area contributed by atoms with Crippen LogP contribution in [0.5, 0.6) is 0 Å². The molecular weight excluding hydrogens is 370 g/mol. The Bertz CT molecular complexity index is 768. The van der Waals surface area contributed by atoms with Gasteiger partial charge < -0.3 is 10.1 Å². The zero-order valence-corrected chi connectivity index (χ0v) is 14.9. The minimum atomic E-state index is -4.17. The fourth-order valence-corrected chi connectivity index (χ4v) is 2.97. The van der Waals surface area contributed by atoms with Crippen LogP contribution in [0.4, 0.5) is 8.78 Å². The third-order valence-electron chi connectivity index (χ3n) is 3.13. The molecule has 0 unspecified atom stereocenters. The number of nitrogens with one attached hydrogen (secondary N) is 2. The normalized spacial score (nSPS) is 12.3. The Kier molecular flexibility index (Phi) is 8.33. The van der Waals surface area contributed by atoms with Gasteiger partial charge in [0.2, 0.25) is 10.0 Å². The Morgan fingerprint density at radius 1 is 1.35 bits per heavy atom. The highest BCUT2D eigenvalue weighted by Crippen LogP contribution is 2.15. The first-order chi connectivity index (χ1) is 12.2. The molecule has 0 saturated heterocycles. The Hall–Kier alpha value is -2.33. The van der Waals surface area contributed by atoms with Crippen LogP contribution in [-0.2, 0) is 24.3 Å². The van der Waals surface area contributed by atoms with Crippen molar-refractivity contribution in [2.75, 3.05) is 13.1 Å². The van der Waals surface area contributed by atoms with E-state index in [2.05, 4.69) is 16.6 Å². The Labute approximate surface area is 150 Å². The van der Waals surface area contributed by atoms with Crippen molar-refractivity contribution >= 4 is 21.9 Å². The molecule has 1 atom stereocenters. The first-order valence-corrected chi connectivity index (χ1v) is 9.18. The van der Waals surface area contributed by atoms with Crippen molar-refractivity contribution in [1.29, 1.82) is 0 Å². The minimum Gasteiger partial charge on any atom is -0.453 e. The van der Waals surface area contributed by atoms with Crippen LogP contribution in [0.25, 0.3) is 0 Å². The maximum atomic E-state index is 13.5. The number of ether oxygens (including phenoxy) is 1. The third-order valence-corrected chi connectivity index (χ3v) is 4.63. The van der Waals surface area contributed by atoms with Gasteiger partial charge in [0, 0.05) is 25.6 Å². The van der Waals surface area contributed by atoms with Crippen molar-refractivity contribution in [3.05, 3.63) is 42.5 Å². The van der Waals surface area contributed by atoms with Gasteiger partial charge in [-0.3, -0.25) is 9.59 Å². The fourth-order valence-electron chi connectivity index (χ4n) is 1.84. The summed E-state index contributed by atoms with van der Waals surface area (Å²) in [5, 5.41) is 2.46. The lowest BCUT2D eigenvalue weighted by atomic mass is 10.3. The molecule has 1 aromatic rings. The number of carbonyl (C=O) groups is 2. The van der Waals surface area contributed by atoms with Crippen LogP contribution in [0.2, 0.25) is 0 Å². The number of sulfonamides is 1. The molecule has 0 bridgehead atoms. The highest BCUT2D eigenvalue weighted by Gasteiger charge is 2.20. The van der Waals surface area contributed by atoms with Gasteiger partial charge in [-0.05, 0) is 25.5 Å². The van der Waals surface area contributed by atoms with Crippen molar-refractivity contribution in [2.24, 2.45) is 0 Å². The molecular formula is C16H20F2N2O5S. The standard InChI is InChI=1S/C16H20F2N2O5S/c1-3-8-19-16(22)11(2)25-15(21)5-4-9-20-26(23,24)14-7-6-12(17)10-13(14)18/h3,6-7,10-11,20H,1,4-5,8-9H2,2H3,(H,19,22)/t11-/m1/s1. The maximum Gasteiger partial charge on any atom is 0.306 e. The van der Waals surface area contributed by atoms with Gasteiger partial charge in [0.25, 0.3) is 5.91 Å². The van der Waals surface area contributed by atoms with Gasteiger partial charge in [-0.15, -0.1) is 6.58 Å². The zero-order chi connectivity index (χ0) is 19.7. The van der Waals surface area contributed by atoms with Crippen molar-refractivity contribution in [3.8, 4) is 0 Å². The number of amides is 1. The van der Waals surface area contributed by atoms with Gasteiger partial charge in [-0.2, -0.15) is 0 Å². The van der Waals surface area contributed by atoms with E-state index in [9.17, 15) is 26.8 Å². The molecule has 0 aliphatic carbocycles. The first-order valence-electron chi connectivity index (χ1n) is 7.70. The van der Waals surface area contributed by atoms with Gasteiger partial charge in [-0.1, -0.05) is 6.08 Å². The smallest absolute Gasteiger partial charge is 0.306 e. The summed E-state index contributed by atoms with van der Waals surface area (Å²) in [5.74, 6) is -3.27. The van der Waals surface area contributed by atoms with Gasteiger partial charge in [0.15, 0.2) is 6.10 Å². The van der Waals surface area contributed by atoms with Gasteiger partial charge in [-0.25, -0.2) is 21.9 Å². The van der Waals surface area contributed by atoms with E-state index < -0.39 is 44.5 Å². The molecule has 0 saturated carbocycles. The Morgan fingerprint density at radius 2 is 2.04 bits per heavy atom. The number of carbonyl (C=O) groups excluding carboxylic acids is 2. The van der Waals surface area contributed by atoms with Crippen molar-refractivity contribution < 1.29 is 31.5 Å². The van der Waals surface area contributed by atoms with Crippen molar-refractivity contribution in [1.82, 2.24) is 10.0 Å². The second-order valence-electron chi connectivity index (χ2n) is 5.24. The molecule has 0 fully saturated rings. The molecule has 7 nitrogen and oxygen atoms in total. The van der Waals surface area contributed by atoms with Crippen LogP contribution in [0.3, 0.4) is 0 Å². The summed E-state index contributed by atoms with van der Waals surface area (Å²) in [6.45, 7) is 4.91. The Balaban J connectivity index is 2.42. The average molecular weight is 390 g/mol. The van der Waals surface area contributed by atoms with E-state index >= 15 is 0 Å². The van der Waals surface area contributed by atoms with Crippen LogP contribution in [0.15, 0.2) is 35.7 Å². The molecule has 0 aromatic heterocycles. The first kappa shape index (κ1) is 21.7. The van der Waals surface area contributed by atoms with E-state index in [1.54, 1.807) is 0 Å². The highest BCUT2D eigenvalue weighted by molar-refractivity contribution is 7.89. The van der Waals surface area contributed by atoms with Gasteiger partial charge >= 0.3 is 5.97 Å². The van der Waals surface area contributed by atoms with E-state index in [0.717, 1.165) is 12.1 Å². The van der Waals surface area contributed by atoms with Crippen LogP contribution < -0.4 is 10.0 Å². The minimum absolute atomic E-state index is 0.0713. The molecule has 2 N–H and O–H groups in total. The lowest BCUT2D eigenvalue weighted by Gasteiger charge is -2.13. The number of hydrogen-bond donors (Lipinski definition) is 2. The Morgan fingerprint density at radius 3 is 2.65 bits per heavy atom. The maximum absolute atomic E-state index is 13.5. The van der Waals surface area contributed by atoms with E-state index in [-0.39, 0.29) is 25.9 Å². The number of rotatable bonds is 10. The lowest BCUT2D eigenvalue weighted by Crippen LogP contribution is -2.36. The number of esters is 1. The molecule has 0 spiro atoms. The number of halogens is 2. The average Bonchev–Trinajstić information content (AvgIpc) is 2.56. The summed E-state index contributed by atoms with van der Waals surface area (Å²) < 4.78 is 57.2. The predicted octanol–water partition coefficient (Wildman–Crippen LogP) is 1.26. The number of hydrogen-bond acceptors (Lipinski definition) is 5. The molecule has 0 aliphatic rings. The second kappa shape index (κ2) is 9.97. The van der Waals surface area contributed by atoms with E-state index in [0.29, 0.717) is 6.07 Å². The zero-order valence-electron chi connectivity index (χ0n) is 14.1. The van der Waals surface area contributed by atoms with E-state index in [1.165, 1.54) is 13.0 Å². The second-order valence-corrected chi connectivity index (χ2v) is 6.98. The quantitative estimate of drug-likeness (QED) is 0.356. The summed E-state index contributed by atoms with van der Waals surface area (Å²) in [4.78, 5) is 22.5. The summed E-state index contributed by atoms with van der Waals surface area (Å²) in [6, 6.07) is 2.10. The van der Waals surface area contributed by atoms with E-state index in [4.69, 9.17) is 4.74 Å². The molecule has 1 rings (SSSR count). The van der Waals surface area contributed by atoms with Gasteiger partial charge in [0.1, 0.15) is 16.5 Å². The molecule has 144 valence electrons. The lowest BCUT2D eigenvalue weighted by molar-refractivity contribution is -0.154. The topological polar surface area (TPSA) is 102 Å². The molecule has 0 aliphatic heterocycles. The van der Waals surface area contributed by atoms with Crippen molar-refractivity contribution in [2.45, 2.75) is 30.8 Å². The van der Waals surface area contributed by atoms with Gasteiger partial charge in [0.05, 0.1) is 0 Å². The largest absolute Gasteiger partial charge is 0.453 e. The summed E-state index contributed by atoms with van der Waals surface area (Å²) in [5.41, 5.74) is 0. The monoisotopic (exact) mass is 390 g/mol. The molecule has 1 amide bonds. The van der Waals surface area contributed by atoms with Crippen LogP contribution in [0, 0.1) is 11.6 Å². The summed E-state index contributed by atoms with van der Waals surface area (Å²) in [6.07, 6.45) is 0.408. The fraction of sp³-hybridized carbons (Fsp3) is 0.375. The summed E-state index contributed by atoms with van der Waals surface area (Å²) >= 11 is 0. The molecule has 0 radical (unpaired) electrons.